The second-order valence-electron chi connectivity index (χ2n) is 18.9. The summed E-state index contributed by atoms with van der Waals surface area (Å²) in [5, 5.41) is 18.7. The number of amides is 3. The largest absolute Gasteiger partial charge is 0.490 e. The second-order valence-corrected chi connectivity index (χ2v) is 19.7. The Kier molecular flexibility index (Phi) is 21.5. The molecule has 4 heterocycles. The Labute approximate surface area is 458 Å². The van der Waals surface area contributed by atoms with E-state index < -0.39 is 5.97 Å². The number of pyridine rings is 2. The maximum Gasteiger partial charge on any atom is 0.335 e. The van der Waals surface area contributed by atoms with Crippen molar-refractivity contribution in [2.75, 3.05) is 77.3 Å². The maximum atomic E-state index is 13.0. The first-order valence-electron chi connectivity index (χ1n) is 24.7. The number of anilines is 2. The van der Waals surface area contributed by atoms with Crippen LogP contribution in [0.4, 0.5) is 11.6 Å². The number of rotatable bonds is 16. The van der Waals surface area contributed by atoms with E-state index in [0.29, 0.717) is 71.6 Å². The van der Waals surface area contributed by atoms with Crippen LogP contribution in [0.3, 0.4) is 0 Å². The summed E-state index contributed by atoms with van der Waals surface area (Å²) in [6, 6.07) is 31.7. The molecule has 2 aromatic heterocycles. The zero-order valence-electron chi connectivity index (χ0n) is 43.4. The van der Waals surface area contributed by atoms with E-state index in [1.54, 1.807) is 79.1 Å². The van der Waals surface area contributed by atoms with Crippen LogP contribution < -0.4 is 36.9 Å². The summed E-state index contributed by atoms with van der Waals surface area (Å²) >= 11 is 12.8. The number of nitrogens with two attached hydrogens (primary N) is 2. The third-order valence-electron chi connectivity index (χ3n) is 11.8. The number of halogens is 2. The monoisotopic (exact) mass is 1090 g/mol. The molecule has 2 fully saturated rings. The van der Waals surface area contributed by atoms with Crippen molar-refractivity contribution in [2.45, 2.75) is 38.8 Å². The number of ether oxygens (including phenoxy) is 4. The molecule has 0 spiro atoms. The Hall–Kier alpha value is -7.80. The number of hydrogen-bond donors (Lipinski definition) is 6. The van der Waals surface area contributed by atoms with Crippen molar-refractivity contribution in [1.29, 1.82) is 0 Å². The van der Waals surface area contributed by atoms with Crippen LogP contribution in [0.25, 0.3) is 34.4 Å². The van der Waals surface area contributed by atoms with Crippen molar-refractivity contribution in [2.24, 2.45) is 0 Å². The molecule has 77 heavy (non-hydrogen) atoms. The van der Waals surface area contributed by atoms with Gasteiger partial charge in [-0.3, -0.25) is 14.4 Å². The van der Waals surface area contributed by atoms with E-state index in [2.05, 4.69) is 39.8 Å². The predicted octanol–water partition coefficient (Wildman–Crippen LogP) is 8.72. The van der Waals surface area contributed by atoms with E-state index >= 15 is 0 Å². The van der Waals surface area contributed by atoms with Crippen LogP contribution in [0.15, 0.2) is 134 Å². The van der Waals surface area contributed by atoms with Gasteiger partial charge in [0.25, 0.3) is 5.91 Å². The SMILES string of the molecule is CC1(C)COCCN1.CC1(C)COCCN1C(=O)c1ccc(-c2ccc(OCCNC(=O)/C=C/c3ccc(N)nc3)c(Cl)c2)cc1.Nc1ccc(/C=C/C(=O)NCCOc2ccc(-c3ccc(C(=O)O)cc3)cc2Cl)cn1. The number of carboxylic acids is 1. The zero-order chi connectivity index (χ0) is 55.4. The highest BCUT2D eigenvalue weighted by molar-refractivity contribution is 6.32. The summed E-state index contributed by atoms with van der Waals surface area (Å²) in [6.45, 7) is 13.8. The molecule has 17 nitrogen and oxygen atoms in total. The fourth-order valence-electron chi connectivity index (χ4n) is 7.60. The number of carbonyl (C=O) groups is 4. The van der Waals surface area contributed by atoms with Gasteiger partial charge in [-0.2, -0.15) is 0 Å². The van der Waals surface area contributed by atoms with Crippen LogP contribution in [0.5, 0.6) is 11.5 Å². The van der Waals surface area contributed by atoms with Gasteiger partial charge in [0, 0.05) is 48.7 Å². The quantitative estimate of drug-likeness (QED) is 0.0392. The topological polar surface area (TPSA) is 243 Å². The number of carbonyl (C=O) groups excluding carboxylic acids is 3. The lowest BCUT2D eigenvalue weighted by Crippen LogP contribution is -2.55. The molecule has 0 saturated carbocycles. The first-order chi connectivity index (χ1) is 36.9. The third-order valence-corrected chi connectivity index (χ3v) is 12.4. The van der Waals surface area contributed by atoms with Crippen LogP contribution in [-0.4, -0.2) is 121 Å². The number of nitrogens with one attached hydrogen (secondary N) is 3. The van der Waals surface area contributed by atoms with Gasteiger partial charge in [-0.05, 0) is 146 Å². The molecular weight excluding hydrogens is 1020 g/mol. The van der Waals surface area contributed by atoms with Crippen LogP contribution >= 0.6 is 23.2 Å². The van der Waals surface area contributed by atoms with Crippen molar-refractivity contribution in [3.63, 3.8) is 0 Å². The number of morpholine rings is 2. The molecule has 4 aromatic carbocycles. The molecule has 19 heteroatoms. The number of hydrogen-bond acceptors (Lipinski definition) is 13. The van der Waals surface area contributed by atoms with E-state index in [1.807, 2.05) is 61.2 Å². The lowest BCUT2D eigenvalue weighted by molar-refractivity contribution is -0.117. The zero-order valence-corrected chi connectivity index (χ0v) is 44.9. The molecular formula is C58H64Cl2N8O9. The first-order valence-corrected chi connectivity index (χ1v) is 25.5. The third kappa shape index (κ3) is 18.8. The molecule has 0 radical (unpaired) electrons. The normalized spacial score (nSPS) is 14.5. The molecule has 3 amide bonds. The van der Waals surface area contributed by atoms with Gasteiger partial charge in [-0.15, -0.1) is 0 Å². The van der Waals surface area contributed by atoms with Crippen molar-refractivity contribution in [3.8, 4) is 33.8 Å². The highest BCUT2D eigenvalue weighted by atomic mass is 35.5. The lowest BCUT2D eigenvalue weighted by Gasteiger charge is -2.42. The number of nitrogens with zero attached hydrogens (tertiary/aromatic N) is 3. The Balaban J connectivity index is 0.000000221. The van der Waals surface area contributed by atoms with Crippen LogP contribution in [0.2, 0.25) is 10.0 Å². The molecule has 0 atom stereocenters. The van der Waals surface area contributed by atoms with Crippen molar-refractivity contribution < 1.29 is 43.2 Å². The Morgan fingerprint density at radius 2 is 1.13 bits per heavy atom. The van der Waals surface area contributed by atoms with E-state index in [-0.39, 0.29) is 47.6 Å². The number of aromatic carboxylic acids is 1. The smallest absolute Gasteiger partial charge is 0.335 e. The molecule has 0 unspecified atom stereocenters. The average Bonchev–Trinajstić information content (AvgIpc) is 3.42. The molecule has 0 bridgehead atoms. The number of benzene rings is 4. The molecule has 6 aromatic rings. The molecule has 404 valence electrons. The van der Waals surface area contributed by atoms with Gasteiger partial charge in [0.15, 0.2) is 0 Å². The summed E-state index contributed by atoms with van der Waals surface area (Å²) in [6.07, 6.45) is 9.30. The first kappa shape index (κ1) is 58.5. The van der Waals surface area contributed by atoms with Gasteiger partial charge in [0.05, 0.1) is 60.7 Å². The highest BCUT2D eigenvalue weighted by Gasteiger charge is 2.34. The van der Waals surface area contributed by atoms with E-state index in [4.69, 9.17) is 58.7 Å². The second kappa shape index (κ2) is 28.4. The minimum atomic E-state index is -0.974. The highest BCUT2D eigenvalue weighted by Crippen LogP contribution is 2.32. The average molecular weight is 1090 g/mol. The number of aromatic nitrogens is 2. The van der Waals surface area contributed by atoms with Gasteiger partial charge in [-0.25, -0.2) is 14.8 Å². The Bertz CT molecular complexity index is 2980. The van der Waals surface area contributed by atoms with E-state index in [9.17, 15) is 19.2 Å². The summed E-state index contributed by atoms with van der Waals surface area (Å²) in [7, 11) is 0. The molecule has 0 aliphatic carbocycles. The van der Waals surface area contributed by atoms with Crippen molar-refractivity contribution in [1.82, 2.24) is 30.8 Å². The van der Waals surface area contributed by atoms with Crippen LogP contribution in [0, 0.1) is 0 Å². The molecule has 2 aliphatic rings. The summed E-state index contributed by atoms with van der Waals surface area (Å²) < 4.78 is 22.1. The van der Waals surface area contributed by atoms with Crippen LogP contribution in [0.1, 0.15) is 59.5 Å². The van der Waals surface area contributed by atoms with E-state index in [0.717, 1.165) is 53.1 Å². The van der Waals surface area contributed by atoms with Gasteiger partial charge < -0.3 is 56.4 Å². The van der Waals surface area contributed by atoms with Crippen molar-refractivity contribution in [3.05, 3.63) is 166 Å². The van der Waals surface area contributed by atoms with Gasteiger partial charge >= 0.3 is 5.97 Å². The fraction of sp³-hybridized carbons (Fsp3) is 0.276. The molecule has 2 aliphatic heterocycles. The minimum Gasteiger partial charge on any atom is -0.490 e. The summed E-state index contributed by atoms with van der Waals surface area (Å²) in [5.41, 5.74) is 16.9. The van der Waals surface area contributed by atoms with E-state index in [1.165, 1.54) is 24.3 Å². The summed E-state index contributed by atoms with van der Waals surface area (Å²) in [4.78, 5) is 57.6. The minimum absolute atomic E-state index is 0.00327. The standard InChI is InChI=1S/C29H31ClN4O4.C23H20ClN3O4.C6H13NO/c1-29(2)19-37-16-14-34(29)28(36)22-7-5-21(6-8-22)23-9-10-25(24(30)17-23)38-15-13-32-27(35)12-4-20-3-11-26(31)33-18-20;24-19-13-18(16-3-5-17(6-4-16)23(29)30)7-8-20(19)31-12-11-26-22(28)10-2-15-1-9-21(25)27-14-15;1-6(2)5-8-4-3-7-6/h3-12,17-18H,13-16,19H2,1-2H3,(H2,31,33)(H,32,35);1-10,13-14H,11-12H2,(H2,25,27)(H,26,28)(H,29,30);7H,3-5H2,1-2H3/b12-4+;10-2+;. The van der Waals surface area contributed by atoms with Crippen LogP contribution in [-0.2, 0) is 19.1 Å². The molecule has 8 rings (SSSR count). The molecule has 8 N–H and O–H groups in total. The number of nitrogen functional groups attached to an aromatic ring is 2. The molecule has 2 saturated heterocycles. The Morgan fingerprint density at radius 3 is 1.52 bits per heavy atom. The summed E-state index contributed by atoms with van der Waals surface area (Å²) in [5.74, 6) is 0.377. The predicted molar refractivity (Wildman–Crippen MR) is 302 cm³/mol. The lowest BCUT2D eigenvalue weighted by atomic mass is 9.99. The number of carboxylic acid groups (broad SMARTS) is 1. The van der Waals surface area contributed by atoms with Crippen molar-refractivity contribution >= 4 is 70.7 Å². The maximum absolute atomic E-state index is 13.0. The van der Waals surface area contributed by atoms with Gasteiger partial charge in [0.2, 0.25) is 11.8 Å². The van der Waals surface area contributed by atoms with Gasteiger partial charge in [0.1, 0.15) is 36.3 Å². The van der Waals surface area contributed by atoms with Gasteiger partial charge in [-0.1, -0.05) is 59.6 Å². The fourth-order valence-corrected chi connectivity index (χ4v) is 8.07. The Morgan fingerprint density at radius 1 is 0.662 bits per heavy atom.